The first-order chi connectivity index (χ1) is 22.5. The van der Waals surface area contributed by atoms with E-state index in [1.165, 1.54) is 5.56 Å². The van der Waals surface area contributed by atoms with E-state index < -0.39 is 0 Å². The third-order valence-corrected chi connectivity index (χ3v) is 7.47. The van der Waals surface area contributed by atoms with E-state index in [-0.39, 0.29) is 47.3 Å². The second kappa shape index (κ2) is 22.0. The zero-order valence-electron chi connectivity index (χ0n) is 31.1. The summed E-state index contributed by atoms with van der Waals surface area (Å²) in [6, 6.07) is 12.5. The Morgan fingerprint density at radius 2 is 0.750 bits per heavy atom. The minimum absolute atomic E-state index is 0.0262. The molecule has 0 saturated carbocycles. The molecule has 0 aliphatic carbocycles. The molecule has 0 bridgehead atoms. The maximum Gasteiger partial charge on any atom is 0.222 e. The lowest BCUT2D eigenvalue weighted by Crippen LogP contribution is -2.28. The Morgan fingerprint density at radius 3 is 0.979 bits per heavy atom. The molecule has 6 N–H and O–H groups in total. The Kier molecular flexibility index (Phi) is 19.4. The zero-order valence-corrected chi connectivity index (χ0v) is 31.1. The molecule has 10 heteroatoms. The van der Waals surface area contributed by atoms with Crippen LogP contribution in [0.4, 0.5) is 0 Å². The van der Waals surface area contributed by atoms with Crippen LogP contribution in [0.2, 0.25) is 0 Å². The fraction of sp³-hybridized carbons (Fsp3) is 0.579. The summed E-state index contributed by atoms with van der Waals surface area (Å²) in [5, 5.41) is 11.8. The van der Waals surface area contributed by atoms with Gasteiger partial charge >= 0.3 is 0 Å². The first kappa shape index (κ1) is 42.3. The minimum atomic E-state index is -0.0352. The van der Waals surface area contributed by atoms with E-state index in [9.17, 15) is 19.2 Å². The van der Waals surface area contributed by atoms with E-state index >= 15 is 0 Å². The molecule has 0 radical (unpaired) electrons. The molecular weight excluding hydrogens is 604 g/mol. The number of nitrogens with one attached hydrogen (secondary N) is 4. The topological polar surface area (TPSA) is 146 Å². The molecule has 0 fully saturated rings. The smallest absolute Gasteiger partial charge is 0.222 e. The molecule has 0 atom stereocenters. The lowest BCUT2D eigenvalue weighted by molar-refractivity contribution is -0.124. The maximum absolute atomic E-state index is 11.8. The SMILES string of the molecule is CC(C)C(=O)NCc1cc(CCN(C)C)cc(CNC(=O)C(C)C)c1.CC(C)C(=O)NCc1cc(CCN)cc(CNC(=O)C(C)C)c1. The van der Waals surface area contributed by atoms with Crippen molar-refractivity contribution in [3.63, 3.8) is 0 Å². The molecule has 0 aliphatic heterocycles. The van der Waals surface area contributed by atoms with E-state index in [0.717, 1.165) is 47.2 Å². The summed E-state index contributed by atoms with van der Waals surface area (Å²) in [5.74, 6) is 0.0389. The Hall–Kier alpha value is -3.76. The lowest BCUT2D eigenvalue weighted by Gasteiger charge is -2.15. The van der Waals surface area contributed by atoms with Gasteiger partial charge in [0.15, 0.2) is 0 Å². The van der Waals surface area contributed by atoms with Crippen molar-refractivity contribution >= 4 is 23.6 Å². The summed E-state index contributed by atoms with van der Waals surface area (Å²) in [6.45, 7) is 18.5. The normalized spacial score (nSPS) is 11.1. The van der Waals surface area contributed by atoms with Gasteiger partial charge in [0.05, 0.1) is 0 Å². The van der Waals surface area contributed by atoms with Crippen LogP contribution in [0.15, 0.2) is 36.4 Å². The third-order valence-electron chi connectivity index (χ3n) is 7.47. The van der Waals surface area contributed by atoms with Gasteiger partial charge < -0.3 is 31.9 Å². The molecule has 48 heavy (non-hydrogen) atoms. The Bertz CT molecular complexity index is 1240. The van der Waals surface area contributed by atoms with E-state index in [2.05, 4.69) is 70.6 Å². The fourth-order valence-electron chi connectivity index (χ4n) is 4.47. The van der Waals surface area contributed by atoms with Crippen molar-refractivity contribution in [2.45, 2.75) is 94.4 Å². The van der Waals surface area contributed by atoms with Gasteiger partial charge in [-0.1, -0.05) is 91.8 Å². The highest BCUT2D eigenvalue weighted by Crippen LogP contribution is 2.14. The summed E-state index contributed by atoms with van der Waals surface area (Å²) < 4.78 is 0. The average Bonchev–Trinajstić information content (AvgIpc) is 3.02. The first-order valence-electron chi connectivity index (χ1n) is 17.2. The van der Waals surface area contributed by atoms with Crippen LogP contribution in [0, 0.1) is 23.7 Å². The first-order valence-corrected chi connectivity index (χ1v) is 17.2. The van der Waals surface area contributed by atoms with Crippen LogP contribution in [0.5, 0.6) is 0 Å². The molecule has 0 heterocycles. The summed E-state index contributed by atoms with van der Waals surface area (Å²) in [7, 11) is 4.10. The zero-order chi connectivity index (χ0) is 36.4. The van der Waals surface area contributed by atoms with Crippen LogP contribution in [-0.2, 0) is 58.2 Å². The second-order valence-electron chi connectivity index (χ2n) is 13.9. The molecule has 2 aromatic carbocycles. The molecule has 268 valence electrons. The third kappa shape index (κ3) is 17.4. The number of carbonyl (C=O) groups excluding carboxylic acids is 4. The molecule has 0 aliphatic rings. The van der Waals surface area contributed by atoms with E-state index in [4.69, 9.17) is 5.73 Å². The van der Waals surface area contributed by atoms with Crippen LogP contribution >= 0.6 is 0 Å². The minimum Gasteiger partial charge on any atom is -0.352 e. The molecule has 0 saturated heterocycles. The van der Waals surface area contributed by atoms with Gasteiger partial charge in [0.25, 0.3) is 0 Å². The van der Waals surface area contributed by atoms with Crippen LogP contribution in [0.25, 0.3) is 0 Å². The van der Waals surface area contributed by atoms with Gasteiger partial charge in [-0.05, 0) is 66.9 Å². The van der Waals surface area contributed by atoms with E-state index in [0.29, 0.717) is 32.7 Å². The molecule has 2 rings (SSSR count). The van der Waals surface area contributed by atoms with Gasteiger partial charge in [-0.3, -0.25) is 19.2 Å². The summed E-state index contributed by atoms with van der Waals surface area (Å²) in [5.41, 5.74) is 12.2. The van der Waals surface area contributed by atoms with Crippen molar-refractivity contribution in [1.29, 1.82) is 0 Å². The number of likely N-dealkylation sites (N-methyl/N-ethyl adjacent to an activating group) is 1. The number of nitrogens with zero attached hydrogens (tertiary/aromatic N) is 1. The largest absolute Gasteiger partial charge is 0.352 e. The maximum atomic E-state index is 11.8. The Balaban J connectivity index is 0.000000482. The van der Waals surface area contributed by atoms with Crippen molar-refractivity contribution in [2.75, 3.05) is 27.2 Å². The van der Waals surface area contributed by atoms with Crippen LogP contribution in [-0.4, -0.2) is 55.7 Å². The molecule has 0 aromatic heterocycles. The van der Waals surface area contributed by atoms with Crippen LogP contribution < -0.4 is 27.0 Å². The van der Waals surface area contributed by atoms with Crippen molar-refractivity contribution in [3.8, 4) is 0 Å². The van der Waals surface area contributed by atoms with Crippen LogP contribution in [0.1, 0.15) is 88.8 Å². The molecule has 2 aromatic rings. The Labute approximate surface area is 289 Å². The van der Waals surface area contributed by atoms with Gasteiger partial charge in [-0.25, -0.2) is 0 Å². The highest BCUT2D eigenvalue weighted by Gasteiger charge is 2.11. The highest BCUT2D eigenvalue weighted by atomic mass is 16.2. The monoisotopic (exact) mass is 666 g/mol. The summed E-state index contributed by atoms with van der Waals surface area (Å²) in [6.07, 6.45) is 1.71. The number of benzene rings is 2. The van der Waals surface area contributed by atoms with Crippen molar-refractivity contribution in [1.82, 2.24) is 26.2 Å². The lowest BCUT2D eigenvalue weighted by atomic mass is 10.0. The van der Waals surface area contributed by atoms with Gasteiger partial charge in [0, 0.05) is 56.4 Å². The number of nitrogens with two attached hydrogens (primary N) is 1. The standard InChI is InChI=1S/C20H33N3O2.C18H29N3O2/c1-14(2)19(24)21-12-17-9-16(7-8-23(5)6)10-18(11-17)13-22-20(25)15(3)4;1-12(2)17(22)20-10-15-7-14(5-6-19)8-16(9-15)11-21-18(23)13(3)4/h9-11,14-15H,7-8,12-13H2,1-6H3,(H,21,24)(H,22,25);7-9,12-13H,5-6,10-11,19H2,1-4H3,(H,20,22)(H,21,23). The second-order valence-corrected chi connectivity index (χ2v) is 13.9. The number of amides is 4. The average molecular weight is 667 g/mol. The summed E-state index contributed by atoms with van der Waals surface area (Å²) in [4.78, 5) is 49.2. The molecule has 0 spiro atoms. The number of hydrogen-bond acceptors (Lipinski definition) is 6. The molecule has 0 unspecified atom stereocenters. The Morgan fingerprint density at radius 1 is 0.500 bits per heavy atom. The molecular formula is C38H62N6O4. The number of hydrogen-bond donors (Lipinski definition) is 5. The highest BCUT2D eigenvalue weighted by molar-refractivity contribution is 5.79. The molecule has 10 nitrogen and oxygen atoms in total. The van der Waals surface area contributed by atoms with Crippen molar-refractivity contribution in [3.05, 3.63) is 69.8 Å². The van der Waals surface area contributed by atoms with Gasteiger partial charge in [0.1, 0.15) is 0 Å². The van der Waals surface area contributed by atoms with Crippen LogP contribution in [0.3, 0.4) is 0 Å². The predicted molar refractivity (Wildman–Crippen MR) is 195 cm³/mol. The summed E-state index contributed by atoms with van der Waals surface area (Å²) >= 11 is 0. The molecule has 4 amide bonds. The van der Waals surface area contributed by atoms with Crippen molar-refractivity contribution in [2.24, 2.45) is 29.4 Å². The van der Waals surface area contributed by atoms with Gasteiger partial charge in [-0.15, -0.1) is 0 Å². The van der Waals surface area contributed by atoms with E-state index in [1.54, 1.807) is 0 Å². The fourth-order valence-corrected chi connectivity index (χ4v) is 4.47. The van der Waals surface area contributed by atoms with Gasteiger partial charge in [-0.2, -0.15) is 0 Å². The predicted octanol–water partition coefficient (Wildman–Crippen LogP) is 4.07. The number of rotatable bonds is 17. The van der Waals surface area contributed by atoms with Gasteiger partial charge in [0.2, 0.25) is 23.6 Å². The van der Waals surface area contributed by atoms with E-state index in [1.807, 2.05) is 61.5 Å². The van der Waals surface area contributed by atoms with Crippen molar-refractivity contribution < 1.29 is 19.2 Å². The quantitative estimate of drug-likeness (QED) is 0.172. The number of carbonyl (C=O) groups is 4.